The molecule has 0 saturated heterocycles. The number of nitriles is 2. The second kappa shape index (κ2) is 10.1. The van der Waals surface area contributed by atoms with Crippen LogP contribution in [0.1, 0.15) is 80.6 Å². The molecule has 5 rings (SSSR count). The zero-order chi connectivity index (χ0) is 27.9. The Hall–Kier alpha value is -3.79. The zero-order valence-corrected chi connectivity index (χ0v) is 22.3. The van der Waals surface area contributed by atoms with Gasteiger partial charge in [0.25, 0.3) is 5.91 Å². The Labute approximate surface area is 227 Å². The lowest BCUT2D eigenvalue weighted by atomic mass is 9.75. The van der Waals surface area contributed by atoms with E-state index in [9.17, 15) is 30.0 Å². The van der Waals surface area contributed by atoms with Gasteiger partial charge in [0.1, 0.15) is 23.1 Å². The number of hydrogen-bond acceptors (Lipinski definition) is 7. The van der Waals surface area contributed by atoms with Gasteiger partial charge in [-0.25, -0.2) is 0 Å². The van der Waals surface area contributed by atoms with E-state index in [1.165, 1.54) is 19.2 Å². The summed E-state index contributed by atoms with van der Waals surface area (Å²) in [5.41, 5.74) is -1.13. The third kappa shape index (κ3) is 5.01. The average Bonchev–Trinajstić information content (AvgIpc) is 3.39. The van der Waals surface area contributed by atoms with Crippen LogP contribution in [-0.2, 0) is 9.59 Å². The zero-order valence-electron chi connectivity index (χ0n) is 22.3. The van der Waals surface area contributed by atoms with Crippen LogP contribution in [0.2, 0.25) is 0 Å². The number of fused-ring (bicyclic) bond motifs is 2. The van der Waals surface area contributed by atoms with Gasteiger partial charge in [0.2, 0.25) is 5.91 Å². The van der Waals surface area contributed by atoms with Crippen molar-refractivity contribution in [1.82, 2.24) is 10.6 Å². The Balaban J connectivity index is 1.34. The number of methoxy groups -OCH3 is 1. The molecule has 39 heavy (non-hydrogen) atoms. The quantitative estimate of drug-likeness (QED) is 0.458. The summed E-state index contributed by atoms with van der Waals surface area (Å²) in [5, 5.41) is 34.7. The van der Waals surface area contributed by atoms with Crippen LogP contribution in [0.4, 0.5) is 0 Å². The molecule has 0 aromatic heterocycles. The second-order valence-electron chi connectivity index (χ2n) is 11.9. The molecule has 0 radical (unpaired) electrons. The average molecular weight is 535 g/mol. The molecule has 2 bridgehead atoms. The largest absolute Gasteiger partial charge is 0.496 e. The van der Waals surface area contributed by atoms with E-state index in [4.69, 9.17) is 9.47 Å². The van der Waals surface area contributed by atoms with Gasteiger partial charge in [0, 0.05) is 12.1 Å². The second-order valence-corrected chi connectivity index (χ2v) is 11.9. The SMILES string of the molecule is COc1cc(C#N)c(OC2CCC(C)(C(=O)O)CC2)cc1C(=O)N[C@@H]1[C@H]2CC[C@H](C2)[C@@H]1C(=O)NC1(C#N)CC1. The molecule has 10 heteroatoms. The first kappa shape index (κ1) is 26.8. The molecule has 0 heterocycles. The standard InChI is InChI=1S/C29H34N4O6/c1-28(27(36)37)7-5-19(6-8-28)39-21-13-20(22(38-2)12-18(21)14-30)25(34)32-24-17-4-3-16(11-17)23(24)26(35)33-29(15-31)9-10-29/h12-13,16-17,19,23-24H,3-11H2,1-2H3,(H,32,34)(H,33,35)(H,36,37)/t16-,17+,19?,23+,24-,28?/m1/s1. The summed E-state index contributed by atoms with van der Waals surface area (Å²) in [6.45, 7) is 1.73. The van der Waals surface area contributed by atoms with E-state index in [1.807, 2.05) is 0 Å². The topological polar surface area (TPSA) is 162 Å². The summed E-state index contributed by atoms with van der Waals surface area (Å²) in [7, 11) is 1.42. The Morgan fingerprint density at radius 1 is 1.03 bits per heavy atom. The summed E-state index contributed by atoms with van der Waals surface area (Å²) >= 11 is 0. The fourth-order valence-electron chi connectivity index (χ4n) is 6.65. The lowest BCUT2D eigenvalue weighted by Crippen LogP contribution is -2.52. The van der Waals surface area contributed by atoms with Crippen molar-refractivity contribution in [3.8, 4) is 23.6 Å². The van der Waals surface area contributed by atoms with Crippen LogP contribution in [-0.4, -0.2) is 47.7 Å². The summed E-state index contributed by atoms with van der Waals surface area (Å²) in [6, 6.07) is 6.93. The Morgan fingerprint density at radius 2 is 1.72 bits per heavy atom. The number of rotatable bonds is 8. The number of amides is 2. The van der Waals surface area contributed by atoms with Crippen molar-refractivity contribution in [3.63, 3.8) is 0 Å². The predicted octanol–water partition coefficient (Wildman–Crippen LogP) is 3.30. The minimum atomic E-state index is -0.824. The number of nitrogens with one attached hydrogen (secondary N) is 2. The molecule has 10 nitrogen and oxygen atoms in total. The molecule has 2 amide bonds. The highest BCUT2D eigenvalue weighted by atomic mass is 16.5. The van der Waals surface area contributed by atoms with E-state index in [1.54, 1.807) is 6.92 Å². The van der Waals surface area contributed by atoms with Crippen molar-refractivity contribution in [2.45, 2.75) is 82.4 Å². The maximum Gasteiger partial charge on any atom is 0.309 e. The minimum Gasteiger partial charge on any atom is -0.496 e. The molecule has 0 unspecified atom stereocenters. The highest BCUT2D eigenvalue weighted by molar-refractivity contribution is 5.98. The monoisotopic (exact) mass is 534 g/mol. The fraction of sp³-hybridized carbons (Fsp3) is 0.621. The lowest BCUT2D eigenvalue weighted by molar-refractivity contribution is -0.150. The maximum absolute atomic E-state index is 13.6. The number of nitrogens with zero attached hydrogens (tertiary/aromatic N) is 2. The van der Waals surface area contributed by atoms with Crippen LogP contribution in [0.25, 0.3) is 0 Å². The normalized spacial score (nSPS) is 31.8. The molecule has 4 saturated carbocycles. The molecular formula is C29H34N4O6. The Morgan fingerprint density at radius 3 is 2.31 bits per heavy atom. The van der Waals surface area contributed by atoms with Crippen molar-refractivity contribution in [2.75, 3.05) is 7.11 Å². The molecule has 1 aromatic carbocycles. The van der Waals surface area contributed by atoms with Gasteiger partial charge in [-0.1, -0.05) is 0 Å². The molecule has 0 aliphatic heterocycles. The molecule has 1 aromatic rings. The van der Waals surface area contributed by atoms with Gasteiger partial charge in [-0.05, 0) is 82.6 Å². The van der Waals surface area contributed by atoms with E-state index < -0.39 is 28.7 Å². The number of aliphatic carboxylic acids is 1. The highest BCUT2D eigenvalue weighted by Gasteiger charge is 2.54. The third-order valence-corrected chi connectivity index (χ3v) is 9.36. The lowest BCUT2D eigenvalue weighted by Gasteiger charge is -2.34. The maximum atomic E-state index is 13.6. The molecule has 4 atom stereocenters. The summed E-state index contributed by atoms with van der Waals surface area (Å²) < 4.78 is 11.6. The number of ether oxygens (including phenoxy) is 2. The molecule has 4 aliphatic carbocycles. The van der Waals surface area contributed by atoms with Crippen LogP contribution in [0, 0.1) is 45.8 Å². The fourth-order valence-corrected chi connectivity index (χ4v) is 6.65. The summed E-state index contributed by atoms with van der Waals surface area (Å²) in [6.07, 6.45) is 5.69. The first-order chi connectivity index (χ1) is 18.6. The first-order valence-corrected chi connectivity index (χ1v) is 13.7. The van der Waals surface area contributed by atoms with Crippen molar-refractivity contribution >= 4 is 17.8 Å². The van der Waals surface area contributed by atoms with Gasteiger partial charge in [-0.15, -0.1) is 0 Å². The van der Waals surface area contributed by atoms with Crippen LogP contribution >= 0.6 is 0 Å². The van der Waals surface area contributed by atoms with E-state index in [0.717, 1.165) is 19.3 Å². The van der Waals surface area contributed by atoms with Crippen LogP contribution < -0.4 is 20.1 Å². The van der Waals surface area contributed by atoms with Gasteiger partial charge in [-0.2, -0.15) is 10.5 Å². The Bertz CT molecular complexity index is 1270. The molecular weight excluding hydrogens is 500 g/mol. The van der Waals surface area contributed by atoms with Crippen molar-refractivity contribution in [2.24, 2.45) is 23.2 Å². The number of benzene rings is 1. The van der Waals surface area contributed by atoms with Gasteiger partial charge in [-0.3, -0.25) is 14.4 Å². The van der Waals surface area contributed by atoms with Crippen LogP contribution in [0.15, 0.2) is 12.1 Å². The number of carbonyl (C=O) groups excluding carboxylic acids is 2. The summed E-state index contributed by atoms with van der Waals surface area (Å²) in [5.74, 6) is -0.993. The van der Waals surface area contributed by atoms with Gasteiger partial charge < -0.3 is 25.2 Å². The molecule has 4 aliphatic rings. The van der Waals surface area contributed by atoms with Crippen molar-refractivity contribution in [3.05, 3.63) is 23.3 Å². The van der Waals surface area contributed by atoms with E-state index in [0.29, 0.717) is 38.5 Å². The third-order valence-electron chi connectivity index (χ3n) is 9.36. The highest BCUT2D eigenvalue weighted by Crippen LogP contribution is 2.49. The number of carboxylic acids is 1. The first-order valence-electron chi connectivity index (χ1n) is 13.7. The van der Waals surface area contributed by atoms with E-state index >= 15 is 0 Å². The summed E-state index contributed by atoms with van der Waals surface area (Å²) in [4.78, 5) is 38.4. The Kier molecular flexibility index (Phi) is 6.92. The molecule has 4 fully saturated rings. The minimum absolute atomic E-state index is 0.166. The smallest absolute Gasteiger partial charge is 0.309 e. The van der Waals surface area contributed by atoms with E-state index in [2.05, 4.69) is 22.8 Å². The van der Waals surface area contributed by atoms with Gasteiger partial charge >= 0.3 is 5.97 Å². The van der Waals surface area contributed by atoms with Crippen LogP contribution in [0.5, 0.6) is 11.5 Å². The number of carbonyl (C=O) groups is 3. The molecule has 0 spiro atoms. The van der Waals surface area contributed by atoms with E-state index in [-0.39, 0.29) is 52.5 Å². The number of carboxylic acid groups (broad SMARTS) is 1. The van der Waals surface area contributed by atoms with Crippen molar-refractivity contribution in [1.29, 1.82) is 10.5 Å². The van der Waals surface area contributed by atoms with Crippen molar-refractivity contribution < 1.29 is 29.0 Å². The van der Waals surface area contributed by atoms with Gasteiger partial charge in [0.05, 0.1) is 41.7 Å². The predicted molar refractivity (Wildman–Crippen MR) is 138 cm³/mol. The van der Waals surface area contributed by atoms with Gasteiger partial charge in [0.15, 0.2) is 0 Å². The molecule has 3 N–H and O–H groups in total. The van der Waals surface area contributed by atoms with Crippen LogP contribution in [0.3, 0.4) is 0 Å². The molecule has 206 valence electrons. The number of hydrogen-bond donors (Lipinski definition) is 3.